The standard InChI is InChI=1S/C12H23N3O2S/c1-6-11-13-8-12(14-11)18(16,17)15(5)10(4)7-9(2)3/h8-10H,6-7H2,1-5H3,(H,13,14). The first kappa shape index (κ1) is 15.2. The highest BCUT2D eigenvalue weighted by Crippen LogP contribution is 2.18. The fraction of sp³-hybridized carbons (Fsp3) is 0.750. The van der Waals surface area contributed by atoms with Crippen LogP contribution >= 0.6 is 0 Å². The number of aryl methyl sites for hydroxylation is 1. The maximum atomic E-state index is 12.3. The van der Waals surface area contributed by atoms with Crippen molar-refractivity contribution < 1.29 is 8.42 Å². The Morgan fingerprint density at radius 3 is 2.44 bits per heavy atom. The van der Waals surface area contributed by atoms with Gasteiger partial charge in [-0.05, 0) is 19.3 Å². The van der Waals surface area contributed by atoms with E-state index >= 15 is 0 Å². The molecule has 0 spiro atoms. The first-order valence-corrected chi connectivity index (χ1v) is 7.75. The predicted molar refractivity (Wildman–Crippen MR) is 71.8 cm³/mol. The van der Waals surface area contributed by atoms with Crippen molar-refractivity contribution in [3.8, 4) is 0 Å². The van der Waals surface area contributed by atoms with Gasteiger partial charge in [-0.1, -0.05) is 20.8 Å². The summed E-state index contributed by atoms with van der Waals surface area (Å²) in [5, 5.41) is 0.178. The number of sulfonamides is 1. The number of nitrogens with zero attached hydrogens (tertiary/aromatic N) is 2. The summed E-state index contributed by atoms with van der Waals surface area (Å²) in [6, 6.07) is -0.0247. The Hall–Kier alpha value is -0.880. The van der Waals surface area contributed by atoms with E-state index in [1.807, 2.05) is 13.8 Å². The molecule has 0 aliphatic heterocycles. The summed E-state index contributed by atoms with van der Waals surface area (Å²) in [4.78, 5) is 6.89. The van der Waals surface area contributed by atoms with Crippen LogP contribution in [0.15, 0.2) is 11.2 Å². The second kappa shape index (κ2) is 5.84. The molecule has 1 atom stereocenters. The first-order valence-electron chi connectivity index (χ1n) is 6.31. The van der Waals surface area contributed by atoms with Crippen LogP contribution in [-0.2, 0) is 16.4 Å². The van der Waals surface area contributed by atoms with Crippen molar-refractivity contribution >= 4 is 10.0 Å². The maximum Gasteiger partial charge on any atom is 0.260 e. The Labute approximate surface area is 110 Å². The van der Waals surface area contributed by atoms with Gasteiger partial charge in [0.2, 0.25) is 0 Å². The minimum atomic E-state index is -3.46. The molecule has 18 heavy (non-hydrogen) atoms. The number of aromatic nitrogens is 2. The van der Waals surface area contributed by atoms with E-state index in [0.717, 1.165) is 6.42 Å². The second-order valence-corrected chi connectivity index (χ2v) is 7.01. The van der Waals surface area contributed by atoms with E-state index in [1.165, 1.54) is 10.5 Å². The molecule has 1 N–H and O–H groups in total. The van der Waals surface area contributed by atoms with Gasteiger partial charge in [0.1, 0.15) is 5.82 Å². The van der Waals surface area contributed by atoms with Gasteiger partial charge in [-0.25, -0.2) is 13.4 Å². The van der Waals surface area contributed by atoms with Gasteiger partial charge in [-0.15, -0.1) is 0 Å². The fourth-order valence-corrected chi connectivity index (χ4v) is 3.18. The molecule has 0 aliphatic rings. The third-order valence-corrected chi connectivity index (χ3v) is 4.91. The minimum absolute atomic E-state index is 0.0247. The Balaban J connectivity index is 2.92. The molecule has 1 rings (SSSR count). The van der Waals surface area contributed by atoms with E-state index in [2.05, 4.69) is 23.8 Å². The largest absolute Gasteiger partial charge is 0.332 e. The van der Waals surface area contributed by atoms with E-state index in [9.17, 15) is 8.42 Å². The topological polar surface area (TPSA) is 66.1 Å². The lowest BCUT2D eigenvalue weighted by atomic mass is 10.1. The normalized spacial score (nSPS) is 14.4. The summed E-state index contributed by atoms with van der Waals surface area (Å²) >= 11 is 0. The van der Waals surface area contributed by atoms with Gasteiger partial charge >= 0.3 is 0 Å². The van der Waals surface area contributed by atoms with E-state index < -0.39 is 10.0 Å². The number of rotatable bonds is 6. The van der Waals surface area contributed by atoms with Gasteiger partial charge in [0.15, 0.2) is 5.03 Å². The Kier molecular flexibility index (Phi) is 4.92. The van der Waals surface area contributed by atoms with E-state index in [1.54, 1.807) is 7.05 Å². The summed E-state index contributed by atoms with van der Waals surface area (Å²) in [7, 11) is -1.84. The molecule has 0 amide bonds. The third-order valence-electron chi connectivity index (χ3n) is 3.03. The molecule has 1 unspecified atom stereocenters. The zero-order valence-electron chi connectivity index (χ0n) is 11.8. The van der Waals surface area contributed by atoms with Gasteiger partial charge in [-0.2, -0.15) is 4.31 Å². The summed E-state index contributed by atoms with van der Waals surface area (Å²) in [5.74, 6) is 1.16. The number of H-pyrrole nitrogens is 1. The smallest absolute Gasteiger partial charge is 0.260 e. The number of aromatic amines is 1. The average molecular weight is 273 g/mol. The maximum absolute atomic E-state index is 12.3. The molecule has 0 radical (unpaired) electrons. The SMILES string of the molecule is CCc1ncc(S(=O)(=O)N(C)C(C)CC(C)C)[nH]1. The zero-order valence-corrected chi connectivity index (χ0v) is 12.6. The summed E-state index contributed by atoms with van der Waals surface area (Å²) < 4.78 is 26.1. The number of hydrogen-bond acceptors (Lipinski definition) is 3. The van der Waals surface area contributed by atoms with Crippen LogP contribution in [0, 0.1) is 5.92 Å². The minimum Gasteiger partial charge on any atom is -0.332 e. The molecule has 0 aromatic carbocycles. The van der Waals surface area contributed by atoms with E-state index in [0.29, 0.717) is 18.2 Å². The highest BCUT2D eigenvalue weighted by atomic mass is 32.2. The molecule has 6 heteroatoms. The molecule has 0 aliphatic carbocycles. The lowest BCUT2D eigenvalue weighted by Crippen LogP contribution is -2.36. The molecule has 0 fully saturated rings. The van der Waals surface area contributed by atoms with Gasteiger partial charge < -0.3 is 4.98 Å². The monoisotopic (exact) mass is 273 g/mol. The summed E-state index contributed by atoms with van der Waals surface area (Å²) in [6.45, 7) is 8.03. The van der Waals surface area contributed by atoms with Gasteiger partial charge in [0, 0.05) is 19.5 Å². The van der Waals surface area contributed by atoms with Crippen molar-refractivity contribution in [2.45, 2.75) is 51.6 Å². The fourth-order valence-electron chi connectivity index (χ4n) is 1.88. The quantitative estimate of drug-likeness (QED) is 0.862. The molecule has 104 valence electrons. The molecule has 1 aromatic rings. The van der Waals surface area contributed by atoms with Gasteiger partial charge in [-0.3, -0.25) is 0 Å². The molecule has 0 bridgehead atoms. The lowest BCUT2D eigenvalue weighted by molar-refractivity contribution is 0.337. The second-order valence-electron chi connectivity index (χ2n) is 5.05. The van der Waals surface area contributed by atoms with E-state index in [4.69, 9.17) is 0 Å². The first-order chi connectivity index (χ1) is 8.28. The molecule has 5 nitrogen and oxygen atoms in total. The number of imidazole rings is 1. The lowest BCUT2D eigenvalue weighted by Gasteiger charge is -2.24. The predicted octanol–water partition coefficient (Wildman–Crippen LogP) is 2.03. The molecular formula is C12H23N3O2S. The molecular weight excluding hydrogens is 250 g/mol. The molecule has 1 aromatic heterocycles. The van der Waals surface area contributed by atoms with Crippen LogP contribution in [-0.4, -0.2) is 35.8 Å². The van der Waals surface area contributed by atoms with Crippen molar-refractivity contribution in [3.63, 3.8) is 0 Å². The Bertz CT molecular complexity index is 479. The highest BCUT2D eigenvalue weighted by molar-refractivity contribution is 7.89. The van der Waals surface area contributed by atoms with Gasteiger partial charge in [0.25, 0.3) is 10.0 Å². The summed E-state index contributed by atoms with van der Waals surface area (Å²) in [5.41, 5.74) is 0. The average Bonchev–Trinajstić information content (AvgIpc) is 2.76. The molecule has 1 heterocycles. The molecule has 0 saturated heterocycles. The van der Waals surface area contributed by atoms with Crippen LogP contribution in [0.1, 0.15) is 39.9 Å². The highest BCUT2D eigenvalue weighted by Gasteiger charge is 2.27. The van der Waals surface area contributed by atoms with Crippen molar-refractivity contribution in [3.05, 3.63) is 12.0 Å². The van der Waals surface area contributed by atoms with Crippen molar-refractivity contribution in [2.75, 3.05) is 7.05 Å². The van der Waals surface area contributed by atoms with Crippen LogP contribution < -0.4 is 0 Å². The van der Waals surface area contributed by atoms with E-state index in [-0.39, 0.29) is 11.1 Å². The Morgan fingerprint density at radius 1 is 1.39 bits per heavy atom. The molecule has 0 saturated carbocycles. The van der Waals surface area contributed by atoms with Crippen LogP contribution in [0.3, 0.4) is 0 Å². The van der Waals surface area contributed by atoms with Crippen LogP contribution in [0.5, 0.6) is 0 Å². The van der Waals surface area contributed by atoms with Crippen molar-refractivity contribution in [1.82, 2.24) is 14.3 Å². The van der Waals surface area contributed by atoms with Crippen LogP contribution in [0.4, 0.5) is 0 Å². The van der Waals surface area contributed by atoms with Crippen LogP contribution in [0.25, 0.3) is 0 Å². The van der Waals surface area contributed by atoms with Crippen LogP contribution in [0.2, 0.25) is 0 Å². The summed E-state index contributed by atoms with van der Waals surface area (Å²) in [6.07, 6.45) is 2.93. The number of nitrogens with one attached hydrogen (secondary N) is 1. The number of hydrogen-bond donors (Lipinski definition) is 1. The van der Waals surface area contributed by atoms with Gasteiger partial charge in [0.05, 0.1) is 6.20 Å². The zero-order chi connectivity index (χ0) is 13.9. The van der Waals surface area contributed by atoms with Crippen molar-refractivity contribution in [2.24, 2.45) is 5.92 Å². The third kappa shape index (κ3) is 3.32. The Morgan fingerprint density at radius 2 is 2.00 bits per heavy atom. The van der Waals surface area contributed by atoms with Crippen molar-refractivity contribution in [1.29, 1.82) is 0 Å².